The van der Waals surface area contributed by atoms with Crippen molar-refractivity contribution in [3.8, 4) is 11.4 Å². The lowest BCUT2D eigenvalue weighted by atomic mass is 10.1. The van der Waals surface area contributed by atoms with Gasteiger partial charge in [0.15, 0.2) is 0 Å². The number of piperazine rings is 1. The van der Waals surface area contributed by atoms with Crippen LogP contribution < -0.4 is 0 Å². The minimum Gasteiger partial charge on any atom is -0.336 e. The number of alkyl halides is 3. The van der Waals surface area contributed by atoms with E-state index in [2.05, 4.69) is 31.7 Å². The quantitative estimate of drug-likeness (QED) is 0.649. The van der Waals surface area contributed by atoms with E-state index in [0.717, 1.165) is 19.6 Å². The second-order valence-corrected chi connectivity index (χ2v) is 7.06. The van der Waals surface area contributed by atoms with E-state index in [-0.39, 0.29) is 11.7 Å². The number of nitrogens with zero attached hydrogens (tertiary/aromatic N) is 4. The summed E-state index contributed by atoms with van der Waals surface area (Å²) in [5.74, 6) is -1.79. The van der Waals surface area contributed by atoms with Crippen LogP contribution in [0.15, 0.2) is 59.1 Å². The fourth-order valence-corrected chi connectivity index (χ4v) is 3.38. The summed E-state index contributed by atoms with van der Waals surface area (Å²) in [7, 11) is 0. The van der Waals surface area contributed by atoms with Crippen molar-refractivity contribution in [2.45, 2.75) is 12.7 Å². The fraction of sp³-hybridized carbons (Fsp3) is 0.286. The molecule has 1 amide bonds. The topological polar surface area (TPSA) is 62.5 Å². The number of rotatable bonds is 4. The summed E-state index contributed by atoms with van der Waals surface area (Å²) in [4.78, 5) is 20.3. The van der Waals surface area contributed by atoms with Crippen LogP contribution in [0.2, 0.25) is 0 Å². The molecule has 30 heavy (non-hydrogen) atoms. The number of hydrogen-bond acceptors (Lipinski definition) is 5. The maximum Gasteiger partial charge on any atom is 0.471 e. The van der Waals surface area contributed by atoms with Gasteiger partial charge in [0.05, 0.1) is 0 Å². The molecule has 1 aliphatic rings. The van der Waals surface area contributed by atoms with Crippen LogP contribution in [0.5, 0.6) is 0 Å². The molecule has 1 aliphatic heterocycles. The second-order valence-electron chi connectivity index (χ2n) is 7.06. The largest absolute Gasteiger partial charge is 0.471 e. The van der Waals surface area contributed by atoms with E-state index in [4.69, 9.17) is 0 Å². The van der Waals surface area contributed by atoms with Gasteiger partial charge in [0.25, 0.3) is 5.91 Å². The normalized spacial score (nSPS) is 15.4. The number of aromatic nitrogens is 2. The number of amides is 1. The Morgan fingerprint density at radius 3 is 2.40 bits per heavy atom. The van der Waals surface area contributed by atoms with E-state index in [9.17, 15) is 18.0 Å². The van der Waals surface area contributed by atoms with Crippen molar-refractivity contribution >= 4 is 5.91 Å². The third-order valence-electron chi connectivity index (χ3n) is 4.94. The van der Waals surface area contributed by atoms with E-state index in [1.807, 2.05) is 18.2 Å². The van der Waals surface area contributed by atoms with Gasteiger partial charge in [-0.2, -0.15) is 18.2 Å². The van der Waals surface area contributed by atoms with Crippen LogP contribution in [0.4, 0.5) is 13.2 Å². The number of carbonyl (C=O) groups is 1. The molecule has 0 saturated carbocycles. The Labute approximate surface area is 170 Å². The van der Waals surface area contributed by atoms with Gasteiger partial charge in [-0.15, -0.1) is 0 Å². The van der Waals surface area contributed by atoms with E-state index in [1.54, 1.807) is 23.1 Å². The molecular formula is C21H19F3N4O2. The van der Waals surface area contributed by atoms with Gasteiger partial charge >= 0.3 is 12.1 Å². The van der Waals surface area contributed by atoms with E-state index in [0.29, 0.717) is 24.2 Å². The molecule has 156 valence electrons. The SMILES string of the molecule is O=C(c1cccc(-c2noc(C(F)(F)F)n2)c1)N1CCN(Cc2ccccc2)CC1. The first-order valence-corrected chi connectivity index (χ1v) is 9.47. The Kier molecular flexibility index (Phi) is 5.54. The van der Waals surface area contributed by atoms with E-state index < -0.39 is 12.1 Å². The van der Waals surface area contributed by atoms with Crippen LogP contribution in [-0.2, 0) is 12.7 Å². The summed E-state index contributed by atoms with van der Waals surface area (Å²) >= 11 is 0. The zero-order chi connectivity index (χ0) is 21.1. The van der Waals surface area contributed by atoms with Crippen molar-refractivity contribution in [2.24, 2.45) is 0 Å². The van der Waals surface area contributed by atoms with Crippen molar-refractivity contribution in [2.75, 3.05) is 26.2 Å². The summed E-state index contributed by atoms with van der Waals surface area (Å²) in [5.41, 5.74) is 1.90. The summed E-state index contributed by atoms with van der Waals surface area (Å²) in [6, 6.07) is 16.4. The molecule has 1 saturated heterocycles. The van der Waals surface area contributed by atoms with E-state index in [1.165, 1.54) is 11.6 Å². The highest BCUT2D eigenvalue weighted by atomic mass is 19.4. The number of halogens is 3. The van der Waals surface area contributed by atoms with E-state index >= 15 is 0 Å². The summed E-state index contributed by atoms with van der Waals surface area (Å²) in [5, 5.41) is 3.38. The molecule has 0 unspecified atom stereocenters. The first-order valence-electron chi connectivity index (χ1n) is 9.47. The average molecular weight is 416 g/mol. The minimum atomic E-state index is -4.71. The van der Waals surface area contributed by atoms with Crippen molar-refractivity contribution in [1.29, 1.82) is 0 Å². The Hall–Kier alpha value is -3.20. The van der Waals surface area contributed by atoms with Crippen molar-refractivity contribution < 1.29 is 22.5 Å². The average Bonchev–Trinajstić information content (AvgIpc) is 3.26. The Morgan fingerprint density at radius 1 is 1.00 bits per heavy atom. The summed E-state index contributed by atoms with van der Waals surface area (Å²) in [6.45, 7) is 3.49. The molecule has 2 aromatic carbocycles. The highest BCUT2D eigenvalue weighted by Gasteiger charge is 2.38. The molecule has 4 rings (SSSR count). The van der Waals surface area contributed by atoms with Gasteiger partial charge in [0.1, 0.15) is 0 Å². The first-order chi connectivity index (χ1) is 14.4. The Balaban J connectivity index is 1.41. The zero-order valence-electron chi connectivity index (χ0n) is 16.0. The molecule has 6 nitrogen and oxygen atoms in total. The lowest BCUT2D eigenvalue weighted by Crippen LogP contribution is -2.48. The second kappa shape index (κ2) is 8.27. The highest BCUT2D eigenvalue weighted by Crippen LogP contribution is 2.29. The number of benzene rings is 2. The number of hydrogen-bond donors (Lipinski definition) is 0. The fourth-order valence-electron chi connectivity index (χ4n) is 3.38. The molecule has 1 fully saturated rings. The molecular weight excluding hydrogens is 397 g/mol. The standard InChI is InChI=1S/C21H19F3N4O2/c22-21(23,24)20-25-18(26-30-20)16-7-4-8-17(13-16)19(29)28-11-9-27(10-12-28)14-15-5-2-1-3-6-15/h1-8,13H,9-12,14H2. The third-order valence-corrected chi connectivity index (χ3v) is 4.94. The van der Waals surface area contributed by atoms with Gasteiger partial charge in [-0.25, -0.2) is 0 Å². The molecule has 3 aromatic rings. The molecule has 0 bridgehead atoms. The van der Waals surface area contributed by atoms with Gasteiger partial charge in [-0.05, 0) is 17.7 Å². The number of carbonyl (C=O) groups excluding carboxylic acids is 1. The van der Waals surface area contributed by atoms with Crippen molar-refractivity contribution in [3.63, 3.8) is 0 Å². The molecule has 9 heteroatoms. The lowest BCUT2D eigenvalue weighted by Gasteiger charge is -2.34. The summed E-state index contributed by atoms with van der Waals surface area (Å²) in [6.07, 6.45) is -4.71. The monoisotopic (exact) mass is 416 g/mol. The molecule has 1 aromatic heterocycles. The van der Waals surface area contributed by atoms with Crippen LogP contribution >= 0.6 is 0 Å². The van der Waals surface area contributed by atoms with Crippen LogP contribution in [0.25, 0.3) is 11.4 Å². The molecule has 0 atom stereocenters. The van der Waals surface area contributed by atoms with Gasteiger partial charge in [-0.3, -0.25) is 9.69 Å². The molecule has 2 heterocycles. The van der Waals surface area contributed by atoms with Crippen molar-refractivity contribution in [1.82, 2.24) is 19.9 Å². The Morgan fingerprint density at radius 2 is 1.73 bits per heavy atom. The third kappa shape index (κ3) is 4.51. The molecule has 0 radical (unpaired) electrons. The minimum absolute atomic E-state index is 0.171. The first kappa shape index (κ1) is 20.1. The predicted octanol–water partition coefficient (Wildman–Crippen LogP) is 3.71. The van der Waals surface area contributed by atoms with Gasteiger partial charge in [0.2, 0.25) is 5.82 Å². The van der Waals surface area contributed by atoms with Crippen LogP contribution in [-0.4, -0.2) is 52.0 Å². The van der Waals surface area contributed by atoms with Gasteiger partial charge < -0.3 is 9.42 Å². The van der Waals surface area contributed by atoms with Crippen LogP contribution in [0.3, 0.4) is 0 Å². The zero-order valence-corrected chi connectivity index (χ0v) is 16.0. The van der Waals surface area contributed by atoms with Crippen molar-refractivity contribution in [3.05, 3.63) is 71.6 Å². The summed E-state index contributed by atoms with van der Waals surface area (Å²) < 4.78 is 42.3. The highest BCUT2D eigenvalue weighted by molar-refractivity contribution is 5.95. The van der Waals surface area contributed by atoms with Crippen LogP contribution in [0.1, 0.15) is 21.8 Å². The van der Waals surface area contributed by atoms with Gasteiger partial charge in [-0.1, -0.05) is 47.6 Å². The smallest absolute Gasteiger partial charge is 0.336 e. The predicted molar refractivity (Wildman–Crippen MR) is 102 cm³/mol. The van der Waals surface area contributed by atoms with Gasteiger partial charge in [0, 0.05) is 43.9 Å². The van der Waals surface area contributed by atoms with Crippen LogP contribution in [0, 0.1) is 0 Å². The Bertz CT molecular complexity index is 1010. The molecule has 0 spiro atoms. The maximum absolute atomic E-state index is 12.9. The molecule has 0 aliphatic carbocycles. The molecule has 0 N–H and O–H groups in total. The lowest BCUT2D eigenvalue weighted by molar-refractivity contribution is -0.159. The maximum atomic E-state index is 12.9.